The summed E-state index contributed by atoms with van der Waals surface area (Å²) in [6, 6.07) is 9.79. The first-order chi connectivity index (χ1) is 7.66. The van der Waals surface area contributed by atoms with E-state index in [1.807, 2.05) is 31.2 Å². The molecule has 0 amide bonds. The van der Waals surface area contributed by atoms with Gasteiger partial charge in [-0.3, -0.25) is 0 Å². The Morgan fingerprint density at radius 2 is 2.12 bits per heavy atom. The first-order valence-corrected chi connectivity index (χ1v) is 6.42. The van der Waals surface area contributed by atoms with Crippen molar-refractivity contribution >= 4 is 29.1 Å². The van der Waals surface area contributed by atoms with Crippen LogP contribution in [0.1, 0.15) is 15.9 Å². The summed E-state index contributed by atoms with van der Waals surface area (Å²) in [7, 11) is 0. The average molecular weight is 250 g/mol. The van der Waals surface area contributed by atoms with Gasteiger partial charge in [-0.2, -0.15) is 0 Å². The minimum absolute atomic E-state index is 0.362. The Hall–Kier alpha value is -1.26. The van der Waals surface area contributed by atoms with Crippen LogP contribution in [0.4, 0.5) is 0 Å². The number of thiophene rings is 1. The maximum absolute atomic E-state index is 10.7. The van der Waals surface area contributed by atoms with E-state index in [0.29, 0.717) is 5.56 Å². The molecular formula is C12H10O2S2. The predicted octanol–water partition coefficient (Wildman–Crippen LogP) is 3.91. The molecule has 0 saturated carbocycles. The Bertz CT molecular complexity index is 517. The maximum Gasteiger partial charge on any atom is 0.336 e. The lowest BCUT2D eigenvalue weighted by molar-refractivity contribution is 0.0697. The summed E-state index contributed by atoms with van der Waals surface area (Å²) in [5, 5.41) is 10.5. The summed E-state index contributed by atoms with van der Waals surface area (Å²) < 4.78 is 1.01. The highest BCUT2D eigenvalue weighted by Crippen LogP contribution is 2.34. The van der Waals surface area contributed by atoms with Crippen LogP contribution in [0.25, 0.3) is 0 Å². The number of benzene rings is 1. The topological polar surface area (TPSA) is 37.3 Å². The molecule has 1 aromatic carbocycles. The predicted molar refractivity (Wildman–Crippen MR) is 66.6 cm³/mol. The van der Waals surface area contributed by atoms with Crippen LogP contribution in [0, 0.1) is 6.92 Å². The van der Waals surface area contributed by atoms with Crippen LogP contribution < -0.4 is 0 Å². The van der Waals surface area contributed by atoms with Gasteiger partial charge in [0.2, 0.25) is 0 Å². The number of carboxylic acids is 1. The fraction of sp³-hybridized carbons (Fsp3) is 0.0833. The molecule has 0 radical (unpaired) electrons. The third-order valence-corrected chi connectivity index (χ3v) is 4.38. The molecule has 0 aliphatic heterocycles. The molecule has 0 saturated heterocycles. The molecule has 0 atom stereocenters. The highest BCUT2D eigenvalue weighted by atomic mass is 32.2. The van der Waals surface area contributed by atoms with Crippen LogP contribution in [0.2, 0.25) is 0 Å². The van der Waals surface area contributed by atoms with Gasteiger partial charge in [-0.15, -0.1) is 11.3 Å². The van der Waals surface area contributed by atoms with Crippen LogP contribution in [-0.4, -0.2) is 11.1 Å². The molecule has 2 aromatic rings. The standard InChI is InChI=1S/C12H10O2S2/c1-8-4-2-3-5-10(8)16-11-6-9(7-15-11)12(13)14/h2-7H,1H3,(H,13,14). The molecule has 4 heteroatoms. The molecule has 0 unspecified atom stereocenters. The van der Waals surface area contributed by atoms with Gasteiger partial charge in [-0.25, -0.2) is 4.79 Å². The summed E-state index contributed by atoms with van der Waals surface area (Å²) in [4.78, 5) is 11.9. The zero-order valence-electron chi connectivity index (χ0n) is 8.64. The van der Waals surface area contributed by atoms with Gasteiger partial charge in [0.25, 0.3) is 0 Å². The normalized spacial score (nSPS) is 10.3. The molecule has 2 rings (SSSR count). The number of carbonyl (C=O) groups is 1. The summed E-state index contributed by atoms with van der Waals surface area (Å²) >= 11 is 3.07. The smallest absolute Gasteiger partial charge is 0.336 e. The third-order valence-electron chi connectivity index (χ3n) is 2.13. The summed E-state index contributed by atoms with van der Waals surface area (Å²) in [5.74, 6) is -0.868. The number of aryl methyl sites for hydroxylation is 1. The van der Waals surface area contributed by atoms with E-state index in [0.717, 1.165) is 4.21 Å². The third kappa shape index (κ3) is 2.46. The van der Waals surface area contributed by atoms with E-state index >= 15 is 0 Å². The molecule has 0 fully saturated rings. The van der Waals surface area contributed by atoms with Crippen molar-refractivity contribution < 1.29 is 9.90 Å². The van der Waals surface area contributed by atoms with E-state index in [4.69, 9.17) is 5.11 Å². The van der Waals surface area contributed by atoms with E-state index in [2.05, 4.69) is 0 Å². The van der Waals surface area contributed by atoms with Gasteiger partial charge in [0.15, 0.2) is 0 Å². The van der Waals surface area contributed by atoms with Gasteiger partial charge in [-0.1, -0.05) is 30.0 Å². The van der Waals surface area contributed by atoms with Crippen molar-refractivity contribution in [1.29, 1.82) is 0 Å². The van der Waals surface area contributed by atoms with Crippen LogP contribution in [0.15, 0.2) is 44.8 Å². The summed E-state index contributed by atoms with van der Waals surface area (Å²) in [5.41, 5.74) is 1.57. The second kappa shape index (κ2) is 4.72. The fourth-order valence-corrected chi connectivity index (χ4v) is 3.25. The highest BCUT2D eigenvalue weighted by Gasteiger charge is 2.08. The van der Waals surface area contributed by atoms with Crippen LogP contribution in [-0.2, 0) is 0 Å². The SMILES string of the molecule is Cc1ccccc1Sc1cc(C(=O)O)cs1. The Kier molecular flexibility index (Phi) is 3.31. The monoisotopic (exact) mass is 250 g/mol. The molecule has 1 N–H and O–H groups in total. The van der Waals surface area contributed by atoms with Crippen molar-refractivity contribution in [3.8, 4) is 0 Å². The molecule has 0 spiro atoms. The quantitative estimate of drug-likeness (QED) is 0.897. The lowest BCUT2D eigenvalue weighted by atomic mass is 10.2. The van der Waals surface area contributed by atoms with Gasteiger partial charge in [-0.05, 0) is 24.6 Å². The van der Waals surface area contributed by atoms with Gasteiger partial charge in [0.1, 0.15) is 0 Å². The molecule has 0 bridgehead atoms. The lowest BCUT2D eigenvalue weighted by Crippen LogP contribution is -1.91. The molecule has 16 heavy (non-hydrogen) atoms. The van der Waals surface area contributed by atoms with Gasteiger partial charge in [0.05, 0.1) is 9.77 Å². The Morgan fingerprint density at radius 1 is 1.38 bits per heavy atom. The van der Waals surface area contributed by atoms with Crippen molar-refractivity contribution in [3.63, 3.8) is 0 Å². The molecule has 0 aliphatic rings. The van der Waals surface area contributed by atoms with Gasteiger partial charge in [0, 0.05) is 10.3 Å². The second-order valence-electron chi connectivity index (χ2n) is 3.33. The minimum atomic E-state index is -0.868. The van der Waals surface area contributed by atoms with Crippen molar-refractivity contribution in [2.45, 2.75) is 16.0 Å². The molecular weight excluding hydrogens is 240 g/mol. The van der Waals surface area contributed by atoms with E-state index in [1.54, 1.807) is 23.2 Å². The van der Waals surface area contributed by atoms with Crippen molar-refractivity contribution in [2.24, 2.45) is 0 Å². The lowest BCUT2D eigenvalue weighted by Gasteiger charge is -2.01. The Labute approximate surface area is 102 Å². The number of aromatic carboxylic acids is 1. The summed E-state index contributed by atoms with van der Waals surface area (Å²) in [6.45, 7) is 2.05. The largest absolute Gasteiger partial charge is 0.478 e. The first kappa shape index (κ1) is 11.2. The van der Waals surface area contributed by atoms with Crippen LogP contribution >= 0.6 is 23.1 Å². The van der Waals surface area contributed by atoms with Crippen molar-refractivity contribution in [3.05, 3.63) is 46.8 Å². The Morgan fingerprint density at radius 3 is 2.75 bits per heavy atom. The minimum Gasteiger partial charge on any atom is -0.478 e. The summed E-state index contributed by atoms with van der Waals surface area (Å²) in [6.07, 6.45) is 0. The maximum atomic E-state index is 10.7. The van der Waals surface area contributed by atoms with Crippen molar-refractivity contribution in [2.75, 3.05) is 0 Å². The molecule has 0 aliphatic carbocycles. The number of rotatable bonds is 3. The number of hydrogen-bond acceptors (Lipinski definition) is 3. The zero-order valence-corrected chi connectivity index (χ0v) is 10.3. The number of hydrogen-bond donors (Lipinski definition) is 1. The zero-order chi connectivity index (χ0) is 11.5. The average Bonchev–Trinajstić information content (AvgIpc) is 2.70. The highest BCUT2D eigenvalue weighted by molar-refractivity contribution is 8.01. The van der Waals surface area contributed by atoms with E-state index in [-0.39, 0.29) is 0 Å². The van der Waals surface area contributed by atoms with E-state index in [1.165, 1.54) is 21.8 Å². The van der Waals surface area contributed by atoms with E-state index in [9.17, 15) is 4.79 Å². The first-order valence-electron chi connectivity index (χ1n) is 4.72. The van der Waals surface area contributed by atoms with E-state index < -0.39 is 5.97 Å². The molecule has 1 aromatic heterocycles. The fourth-order valence-electron chi connectivity index (χ4n) is 1.26. The molecule has 2 nitrogen and oxygen atoms in total. The van der Waals surface area contributed by atoms with Crippen LogP contribution in [0.3, 0.4) is 0 Å². The number of carboxylic acid groups (broad SMARTS) is 1. The molecule has 82 valence electrons. The van der Waals surface area contributed by atoms with Crippen LogP contribution in [0.5, 0.6) is 0 Å². The second-order valence-corrected chi connectivity index (χ2v) is 5.58. The molecule has 1 heterocycles. The van der Waals surface area contributed by atoms with Gasteiger partial charge >= 0.3 is 5.97 Å². The van der Waals surface area contributed by atoms with Crippen molar-refractivity contribution in [1.82, 2.24) is 0 Å². The Balaban J connectivity index is 2.21. The van der Waals surface area contributed by atoms with Gasteiger partial charge < -0.3 is 5.11 Å².